The van der Waals surface area contributed by atoms with Gasteiger partial charge in [0.2, 0.25) is 5.91 Å². The van der Waals surface area contributed by atoms with Gasteiger partial charge in [-0.2, -0.15) is 0 Å². The molecular formula is C13H16ClN3O4. The molecule has 0 heterocycles. The third kappa shape index (κ3) is 5.31. The summed E-state index contributed by atoms with van der Waals surface area (Å²) in [5, 5.41) is 16.5. The Bertz CT molecular complexity index is 562. The number of rotatable bonds is 5. The molecule has 0 aromatic heterocycles. The number of likely N-dealkylation sites (N-methyl/N-ethyl adjacent to an activating group) is 1. The number of nitrogens with one attached hydrogen (secondary N) is 3. The first kappa shape index (κ1) is 16.8. The summed E-state index contributed by atoms with van der Waals surface area (Å²) in [5.41, 5.74) is 0.176. The Morgan fingerprint density at radius 3 is 2.52 bits per heavy atom. The molecule has 21 heavy (non-hydrogen) atoms. The standard InChI is InChI=1S/C13H16ClN3O4/c1-3-15-11(18)7(2)16-13(21)17-10-5-8(12(19)20)4-9(14)6-10/h4-7H,3H2,1-2H3,(H,15,18)(H,19,20)(H2,16,17,21). The Morgan fingerprint density at radius 2 is 1.95 bits per heavy atom. The number of urea groups is 1. The number of hydrogen-bond donors (Lipinski definition) is 4. The van der Waals surface area contributed by atoms with Crippen LogP contribution in [0.4, 0.5) is 10.5 Å². The Morgan fingerprint density at radius 1 is 1.29 bits per heavy atom. The smallest absolute Gasteiger partial charge is 0.335 e. The Kier molecular flexibility index (Phi) is 5.98. The number of benzene rings is 1. The van der Waals surface area contributed by atoms with Gasteiger partial charge in [-0.25, -0.2) is 9.59 Å². The van der Waals surface area contributed by atoms with Crippen LogP contribution in [-0.2, 0) is 4.79 Å². The zero-order valence-corrected chi connectivity index (χ0v) is 12.3. The molecule has 1 unspecified atom stereocenters. The molecule has 1 rings (SSSR count). The van der Waals surface area contributed by atoms with E-state index in [4.69, 9.17) is 16.7 Å². The summed E-state index contributed by atoms with van der Waals surface area (Å²) < 4.78 is 0. The molecule has 4 N–H and O–H groups in total. The normalized spacial score (nSPS) is 11.4. The second kappa shape index (κ2) is 7.49. The van der Waals surface area contributed by atoms with E-state index in [1.165, 1.54) is 25.1 Å². The van der Waals surface area contributed by atoms with Crippen LogP contribution in [0, 0.1) is 0 Å². The lowest BCUT2D eigenvalue weighted by Crippen LogP contribution is -2.46. The average Bonchev–Trinajstić information content (AvgIpc) is 2.37. The van der Waals surface area contributed by atoms with Crippen LogP contribution in [-0.4, -0.2) is 35.6 Å². The molecule has 0 saturated carbocycles. The average molecular weight is 314 g/mol. The monoisotopic (exact) mass is 313 g/mol. The van der Waals surface area contributed by atoms with Gasteiger partial charge in [-0.15, -0.1) is 0 Å². The van der Waals surface area contributed by atoms with Gasteiger partial charge in [0, 0.05) is 17.3 Å². The molecule has 1 atom stereocenters. The SMILES string of the molecule is CCNC(=O)C(C)NC(=O)Nc1cc(Cl)cc(C(=O)O)c1. The lowest BCUT2D eigenvalue weighted by Gasteiger charge is -2.14. The highest BCUT2D eigenvalue weighted by Gasteiger charge is 2.15. The highest BCUT2D eigenvalue weighted by atomic mass is 35.5. The predicted molar refractivity (Wildman–Crippen MR) is 78.7 cm³/mol. The maximum Gasteiger partial charge on any atom is 0.335 e. The summed E-state index contributed by atoms with van der Waals surface area (Å²) in [6, 6.07) is 2.59. The van der Waals surface area contributed by atoms with E-state index in [0.29, 0.717) is 6.54 Å². The van der Waals surface area contributed by atoms with Crippen molar-refractivity contribution in [3.8, 4) is 0 Å². The lowest BCUT2D eigenvalue weighted by molar-refractivity contribution is -0.122. The van der Waals surface area contributed by atoms with Gasteiger partial charge in [0.25, 0.3) is 0 Å². The van der Waals surface area contributed by atoms with E-state index in [9.17, 15) is 14.4 Å². The van der Waals surface area contributed by atoms with E-state index in [-0.39, 0.29) is 22.2 Å². The molecule has 1 aromatic carbocycles. The van der Waals surface area contributed by atoms with Crippen molar-refractivity contribution in [2.24, 2.45) is 0 Å². The van der Waals surface area contributed by atoms with E-state index in [2.05, 4.69) is 16.0 Å². The fraction of sp³-hybridized carbons (Fsp3) is 0.308. The van der Waals surface area contributed by atoms with Crippen molar-refractivity contribution >= 4 is 35.2 Å². The quantitative estimate of drug-likeness (QED) is 0.663. The first-order chi connectivity index (χ1) is 9.83. The van der Waals surface area contributed by atoms with Crippen molar-refractivity contribution in [2.75, 3.05) is 11.9 Å². The lowest BCUT2D eigenvalue weighted by atomic mass is 10.2. The van der Waals surface area contributed by atoms with Gasteiger partial charge in [-0.05, 0) is 32.0 Å². The molecular weight excluding hydrogens is 298 g/mol. The van der Waals surface area contributed by atoms with Gasteiger partial charge < -0.3 is 21.1 Å². The number of carbonyl (C=O) groups is 3. The Balaban J connectivity index is 2.71. The third-order valence-electron chi connectivity index (χ3n) is 2.49. The Labute approximate surface area is 126 Å². The van der Waals surface area contributed by atoms with E-state index < -0.39 is 18.0 Å². The first-order valence-corrected chi connectivity index (χ1v) is 6.60. The molecule has 0 fully saturated rings. The van der Waals surface area contributed by atoms with Crippen LogP contribution in [0.15, 0.2) is 18.2 Å². The van der Waals surface area contributed by atoms with Crippen LogP contribution < -0.4 is 16.0 Å². The highest BCUT2D eigenvalue weighted by Crippen LogP contribution is 2.19. The van der Waals surface area contributed by atoms with Crippen LogP contribution in [0.3, 0.4) is 0 Å². The molecule has 8 heteroatoms. The van der Waals surface area contributed by atoms with Gasteiger partial charge in [0.05, 0.1) is 5.56 Å². The highest BCUT2D eigenvalue weighted by molar-refractivity contribution is 6.31. The summed E-state index contributed by atoms with van der Waals surface area (Å²) in [5.74, 6) is -1.47. The van der Waals surface area contributed by atoms with Crippen molar-refractivity contribution in [3.05, 3.63) is 28.8 Å². The van der Waals surface area contributed by atoms with Crippen molar-refractivity contribution in [2.45, 2.75) is 19.9 Å². The van der Waals surface area contributed by atoms with Gasteiger partial charge in [-0.3, -0.25) is 4.79 Å². The zero-order chi connectivity index (χ0) is 16.0. The molecule has 7 nitrogen and oxygen atoms in total. The van der Waals surface area contributed by atoms with E-state index >= 15 is 0 Å². The molecule has 0 bridgehead atoms. The number of hydrogen-bond acceptors (Lipinski definition) is 3. The third-order valence-corrected chi connectivity index (χ3v) is 2.71. The molecule has 0 aliphatic heterocycles. The van der Waals surface area contributed by atoms with Crippen LogP contribution in [0.2, 0.25) is 5.02 Å². The molecule has 0 aliphatic carbocycles. The molecule has 3 amide bonds. The first-order valence-electron chi connectivity index (χ1n) is 6.22. The summed E-state index contributed by atoms with van der Waals surface area (Å²) in [6.45, 7) is 3.76. The number of carbonyl (C=O) groups excluding carboxylic acids is 2. The molecule has 0 aliphatic rings. The molecule has 0 saturated heterocycles. The minimum Gasteiger partial charge on any atom is -0.478 e. The molecule has 1 aromatic rings. The topological polar surface area (TPSA) is 108 Å². The predicted octanol–water partition coefficient (Wildman–Crippen LogP) is 1.68. The van der Waals surface area contributed by atoms with Crippen LogP contribution in [0.25, 0.3) is 0 Å². The van der Waals surface area contributed by atoms with E-state index in [0.717, 1.165) is 0 Å². The molecule has 114 valence electrons. The second-order valence-corrected chi connectivity index (χ2v) is 4.68. The minimum absolute atomic E-state index is 0.0467. The number of halogens is 1. The van der Waals surface area contributed by atoms with Crippen molar-refractivity contribution in [1.82, 2.24) is 10.6 Å². The fourth-order valence-electron chi connectivity index (χ4n) is 1.54. The summed E-state index contributed by atoms with van der Waals surface area (Å²) >= 11 is 5.78. The van der Waals surface area contributed by atoms with E-state index in [1.54, 1.807) is 6.92 Å². The summed E-state index contributed by atoms with van der Waals surface area (Å²) in [4.78, 5) is 34.1. The number of amides is 3. The van der Waals surface area contributed by atoms with Crippen molar-refractivity contribution in [3.63, 3.8) is 0 Å². The van der Waals surface area contributed by atoms with Crippen LogP contribution >= 0.6 is 11.6 Å². The van der Waals surface area contributed by atoms with Crippen LogP contribution in [0.1, 0.15) is 24.2 Å². The molecule has 0 radical (unpaired) electrons. The number of carboxylic acids is 1. The molecule has 0 spiro atoms. The van der Waals surface area contributed by atoms with Gasteiger partial charge in [0.1, 0.15) is 6.04 Å². The minimum atomic E-state index is -1.16. The number of aromatic carboxylic acids is 1. The second-order valence-electron chi connectivity index (χ2n) is 4.25. The summed E-state index contributed by atoms with van der Waals surface area (Å²) in [6.07, 6.45) is 0. The zero-order valence-electron chi connectivity index (χ0n) is 11.6. The maximum atomic E-state index is 11.7. The number of anilines is 1. The fourth-order valence-corrected chi connectivity index (χ4v) is 1.78. The summed E-state index contributed by atoms with van der Waals surface area (Å²) in [7, 11) is 0. The van der Waals surface area contributed by atoms with Gasteiger partial charge in [-0.1, -0.05) is 11.6 Å². The van der Waals surface area contributed by atoms with Gasteiger partial charge in [0.15, 0.2) is 0 Å². The van der Waals surface area contributed by atoms with Crippen molar-refractivity contribution < 1.29 is 19.5 Å². The number of carboxylic acid groups (broad SMARTS) is 1. The largest absolute Gasteiger partial charge is 0.478 e. The van der Waals surface area contributed by atoms with Crippen LogP contribution in [0.5, 0.6) is 0 Å². The van der Waals surface area contributed by atoms with Gasteiger partial charge >= 0.3 is 12.0 Å². The van der Waals surface area contributed by atoms with Crippen molar-refractivity contribution in [1.29, 1.82) is 0 Å². The maximum absolute atomic E-state index is 11.7. The Hall–Kier alpha value is -2.28. The van der Waals surface area contributed by atoms with E-state index in [1.807, 2.05) is 0 Å².